The van der Waals surface area contributed by atoms with Crippen molar-refractivity contribution in [3.05, 3.63) is 48.4 Å². The van der Waals surface area contributed by atoms with E-state index in [0.717, 1.165) is 24.0 Å². The molecule has 3 rings (SSSR count). The Kier molecular flexibility index (Phi) is 4.49. The summed E-state index contributed by atoms with van der Waals surface area (Å²) < 4.78 is 29.0. The second-order valence-corrected chi connectivity index (χ2v) is 8.64. The average molecular weight is 347 g/mol. The first-order chi connectivity index (χ1) is 11.4. The zero-order chi connectivity index (χ0) is 17.3. The third-order valence-electron chi connectivity index (χ3n) is 4.75. The molecule has 1 amide bonds. The number of benzene rings is 1. The molecule has 1 heterocycles. The molecule has 0 radical (unpaired) electrons. The molecule has 0 bridgehead atoms. The van der Waals surface area contributed by atoms with E-state index in [2.05, 4.69) is 0 Å². The zero-order valence-corrected chi connectivity index (χ0v) is 14.6. The van der Waals surface area contributed by atoms with E-state index in [4.69, 9.17) is 4.42 Å². The Hall–Kier alpha value is -2.08. The molecule has 0 N–H and O–H groups in total. The van der Waals surface area contributed by atoms with Crippen LogP contribution in [0.3, 0.4) is 0 Å². The summed E-state index contributed by atoms with van der Waals surface area (Å²) in [4.78, 5) is 14.4. The van der Waals surface area contributed by atoms with Crippen molar-refractivity contribution in [2.75, 3.05) is 13.3 Å². The minimum atomic E-state index is -3.16. The van der Waals surface area contributed by atoms with E-state index in [9.17, 15) is 13.2 Å². The fraction of sp³-hybridized carbons (Fsp3) is 0.389. The summed E-state index contributed by atoms with van der Waals surface area (Å²) in [6.07, 6.45) is 6.65. The van der Waals surface area contributed by atoms with Gasteiger partial charge in [0, 0.05) is 30.5 Å². The molecule has 1 fully saturated rings. The van der Waals surface area contributed by atoms with Crippen LogP contribution in [-0.4, -0.2) is 43.8 Å². The van der Waals surface area contributed by atoms with Gasteiger partial charge in [0.05, 0.1) is 17.8 Å². The fourth-order valence-corrected chi connectivity index (χ4v) is 4.95. The third kappa shape index (κ3) is 3.24. The van der Waals surface area contributed by atoms with E-state index in [-0.39, 0.29) is 11.9 Å². The van der Waals surface area contributed by atoms with E-state index in [1.165, 1.54) is 6.26 Å². The second kappa shape index (κ2) is 6.43. The van der Waals surface area contributed by atoms with Crippen molar-refractivity contribution >= 4 is 15.7 Å². The molecule has 2 unspecified atom stereocenters. The first-order valence-electron chi connectivity index (χ1n) is 7.96. The summed E-state index contributed by atoms with van der Waals surface area (Å²) in [5.41, 5.74) is 2.35. The van der Waals surface area contributed by atoms with Crippen molar-refractivity contribution in [3.8, 4) is 11.1 Å². The van der Waals surface area contributed by atoms with Gasteiger partial charge in [-0.05, 0) is 43.0 Å². The summed E-state index contributed by atoms with van der Waals surface area (Å²) in [6.45, 7) is 0. The largest absolute Gasteiger partial charge is 0.472 e. The Bertz CT molecular complexity index is 826. The normalized spacial score (nSPS) is 20.9. The number of furan rings is 1. The summed E-state index contributed by atoms with van der Waals surface area (Å²) in [5, 5.41) is -0.469. The molecule has 6 heteroatoms. The monoisotopic (exact) mass is 347 g/mol. The van der Waals surface area contributed by atoms with Crippen LogP contribution in [0.25, 0.3) is 11.1 Å². The minimum absolute atomic E-state index is 0.152. The predicted octanol–water partition coefficient (Wildman–Crippen LogP) is 2.98. The highest BCUT2D eigenvalue weighted by molar-refractivity contribution is 7.91. The number of carbonyl (C=O) groups is 1. The molecule has 0 saturated heterocycles. The Morgan fingerprint density at radius 2 is 2.00 bits per heavy atom. The molecule has 24 heavy (non-hydrogen) atoms. The number of rotatable bonds is 4. The van der Waals surface area contributed by atoms with Crippen LogP contribution in [0.2, 0.25) is 0 Å². The molecular weight excluding hydrogens is 326 g/mol. The highest BCUT2D eigenvalue weighted by Crippen LogP contribution is 2.30. The average Bonchev–Trinajstić information content (AvgIpc) is 3.24. The molecule has 0 spiro atoms. The van der Waals surface area contributed by atoms with Crippen LogP contribution >= 0.6 is 0 Å². The fourth-order valence-electron chi connectivity index (χ4n) is 3.46. The first-order valence-corrected chi connectivity index (χ1v) is 9.92. The molecule has 2 atom stereocenters. The molecule has 5 nitrogen and oxygen atoms in total. The Morgan fingerprint density at radius 1 is 1.21 bits per heavy atom. The molecule has 128 valence electrons. The summed E-state index contributed by atoms with van der Waals surface area (Å²) in [5.74, 6) is -0.152. The number of sulfone groups is 1. The van der Waals surface area contributed by atoms with Gasteiger partial charge in [-0.1, -0.05) is 12.1 Å². The van der Waals surface area contributed by atoms with Crippen LogP contribution in [0.1, 0.15) is 29.6 Å². The SMILES string of the molecule is CN(C(=O)c1cccc(-c2ccoc2)c1)C1CCCC1S(C)(=O)=O. The van der Waals surface area contributed by atoms with Crippen molar-refractivity contribution in [2.24, 2.45) is 0 Å². The molecule has 0 aliphatic heterocycles. The molecule has 1 aliphatic rings. The maximum Gasteiger partial charge on any atom is 0.253 e. The van der Waals surface area contributed by atoms with Crippen molar-refractivity contribution in [1.29, 1.82) is 0 Å². The lowest BCUT2D eigenvalue weighted by atomic mass is 10.0. The quantitative estimate of drug-likeness (QED) is 0.853. The topological polar surface area (TPSA) is 67.6 Å². The van der Waals surface area contributed by atoms with E-state index in [1.807, 2.05) is 24.3 Å². The molecular formula is C18H21NO4S. The summed E-state index contributed by atoms with van der Waals surface area (Å²) >= 11 is 0. The number of nitrogens with zero attached hydrogens (tertiary/aromatic N) is 1. The van der Waals surface area contributed by atoms with Gasteiger partial charge in [-0.25, -0.2) is 8.42 Å². The van der Waals surface area contributed by atoms with Crippen LogP contribution in [0.5, 0.6) is 0 Å². The predicted molar refractivity (Wildman–Crippen MR) is 92.5 cm³/mol. The van der Waals surface area contributed by atoms with Crippen molar-refractivity contribution in [3.63, 3.8) is 0 Å². The van der Waals surface area contributed by atoms with E-state index in [1.54, 1.807) is 30.5 Å². The minimum Gasteiger partial charge on any atom is -0.472 e. The van der Waals surface area contributed by atoms with Crippen LogP contribution in [0.4, 0.5) is 0 Å². The van der Waals surface area contributed by atoms with Gasteiger partial charge < -0.3 is 9.32 Å². The van der Waals surface area contributed by atoms with E-state index in [0.29, 0.717) is 12.0 Å². The van der Waals surface area contributed by atoms with Gasteiger partial charge in [0.25, 0.3) is 5.91 Å². The third-order valence-corrected chi connectivity index (χ3v) is 6.40. The lowest BCUT2D eigenvalue weighted by Crippen LogP contribution is -2.44. The number of amides is 1. The Labute approximate surface area is 142 Å². The number of carbonyl (C=O) groups excluding carboxylic acids is 1. The van der Waals surface area contributed by atoms with E-state index < -0.39 is 15.1 Å². The lowest BCUT2D eigenvalue weighted by molar-refractivity contribution is 0.0737. The van der Waals surface area contributed by atoms with Crippen molar-refractivity contribution in [2.45, 2.75) is 30.6 Å². The van der Waals surface area contributed by atoms with E-state index >= 15 is 0 Å². The highest BCUT2D eigenvalue weighted by Gasteiger charge is 2.38. The van der Waals surface area contributed by atoms with Gasteiger partial charge >= 0.3 is 0 Å². The first kappa shape index (κ1) is 16.8. The molecule has 1 saturated carbocycles. The lowest BCUT2D eigenvalue weighted by Gasteiger charge is -2.29. The highest BCUT2D eigenvalue weighted by atomic mass is 32.2. The Morgan fingerprint density at radius 3 is 2.67 bits per heavy atom. The second-order valence-electron chi connectivity index (χ2n) is 6.38. The maximum absolute atomic E-state index is 12.8. The van der Waals surface area contributed by atoms with Gasteiger partial charge in [0.1, 0.15) is 0 Å². The van der Waals surface area contributed by atoms with Gasteiger partial charge in [0.2, 0.25) is 0 Å². The maximum atomic E-state index is 12.8. The van der Waals surface area contributed by atoms with Crippen LogP contribution in [0, 0.1) is 0 Å². The van der Waals surface area contributed by atoms with Crippen LogP contribution < -0.4 is 0 Å². The number of hydrogen-bond donors (Lipinski definition) is 0. The van der Waals surface area contributed by atoms with Crippen molar-refractivity contribution in [1.82, 2.24) is 4.90 Å². The molecule has 1 aromatic carbocycles. The number of hydrogen-bond acceptors (Lipinski definition) is 4. The Balaban J connectivity index is 1.85. The zero-order valence-electron chi connectivity index (χ0n) is 13.8. The smallest absolute Gasteiger partial charge is 0.253 e. The molecule has 1 aliphatic carbocycles. The summed E-state index contributed by atoms with van der Waals surface area (Å²) in [7, 11) is -1.47. The van der Waals surface area contributed by atoms with Gasteiger partial charge in [-0.3, -0.25) is 4.79 Å². The standard InChI is InChI=1S/C18H21NO4S/c1-19(16-7-4-8-17(16)24(2,21)22)18(20)14-6-3-5-13(11-14)15-9-10-23-12-15/h3,5-6,9-12,16-17H,4,7-8H2,1-2H3. The van der Waals surface area contributed by atoms with Gasteiger partial charge in [-0.2, -0.15) is 0 Å². The van der Waals surface area contributed by atoms with Crippen molar-refractivity contribution < 1.29 is 17.6 Å². The summed E-state index contributed by atoms with van der Waals surface area (Å²) in [6, 6.07) is 8.89. The van der Waals surface area contributed by atoms with Gasteiger partial charge in [-0.15, -0.1) is 0 Å². The van der Waals surface area contributed by atoms with Crippen LogP contribution in [0.15, 0.2) is 47.3 Å². The van der Waals surface area contributed by atoms with Crippen LogP contribution in [-0.2, 0) is 9.84 Å². The molecule has 2 aromatic rings. The molecule has 1 aromatic heterocycles. The van der Waals surface area contributed by atoms with Gasteiger partial charge in [0.15, 0.2) is 9.84 Å².